The predicted molar refractivity (Wildman–Crippen MR) is 139 cm³/mol. The van der Waals surface area contributed by atoms with Gasteiger partial charge in [0, 0.05) is 12.7 Å². The zero-order chi connectivity index (χ0) is 26.0. The summed E-state index contributed by atoms with van der Waals surface area (Å²) in [4.78, 5) is 12.0. The Morgan fingerprint density at radius 2 is 1.81 bits per heavy atom. The summed E-state index contributed by atoms with van der Waals surface area (Å²) >= 11 is 0. The molecule has 9 heteroatoms. The second-order valence-corrected chi connectivity index (χ2v) is 9.23. The Bertz CT molecular complexity index is 1290. The molecule has 0 amide bonds. The van der Waals surface area contributed by atoms with Gasteiger partial charge in [0.1, 0.15) is 5.75 Å². The molecule has 0 fully saturated rings. The molecule has 1 aliphatic heterocycles. The normalized spacial score (nSPS) is 16.8. The molecule has 1 atom stereocenters. The molecule has 1 aliphatic rings. The molecular formula is C28H33F3N4O2. The zero-order valence-corrected chi connectivity index (χ0v) is 20.9. The van der Waals surface area contributed by atoms with Gasteiger partial charge >= 0.3 is 0 Å². The van der Waals surface area contributed by atoms with Crippen molar-refractivity contribution in [1.29, 1.82) is 0 Å². The van der Waals surface area contributed by atoms with E-state index < -0.39 is 29.1 Å². The standard InChI is InChI=1S/C27H29F3N4O2.CH4/c1-6-11-34-24(32-36-27(3,4)26(34)19-13-20(28)25(30)21(29)14-19)10-8-18-7-9-22(23(12-18)35-5)33-15-17(2)31-16-33;/h7-10,12-16,26H,6,11H2,1-5H3;1H4/b10-8+;/t26-;/m0./s1. The van der Waals surface area contributed by atoms with E-state index in [2.05, 4.69) is 10.1 Å². The van der Waals surface area contributed by atoms with Crippen molar-refractivity contribution in [3.8, 4) is 11.4 Å². The molecule has 0 spiro atoms. The smallest absolute Gasteiger partial charge is 0.194 e. The number of aryl methyl sites for hydroxylation is 1. The summed E-state index contributed by atoms with van der Waals surface area (Å²) in [5, 5.41) is 4.30. The summed E-state index contributed by atoms with van der Waals surface area (Å²) in [5.74, 6) is -2.82. The van der Waals surface area contributed by atoms with Crippen LogP contribution in [-0.4, -0.2) is 39.5 Å². The number of aromatic nitrogens is 2. The lowest BCUT2D eigenvalue weighted by molar-refractivity contribution is -0.0851. The third kappa shape index (κ3) is 5.65. The van der Waals surface area contributed by atoms with Crippen molar-refractivity contribution in [2.75, 3.05) is 13.7 Å². The minimum atomic E-state index is -1.49. The summed E-state index contributed by atoms with van der Waals surface area (Å²) in [6.45, 7) is 8.02. The first-order valence-corrected chi connectivity index (χ1v) is 11.7. The van der Waals surface area contributed by atoms with E-state index in [0.29, 0.717) is 18.1 Å². The molecule has 2 heterocycles. The molecule has 2 aromatic carbocycles. The van der Waals surface area contributed by atoms with Gasteiger partial charge in [-0.15, -0.1) is 0 Å². The highest BCUT2D eigenvalue weighted by molar-refractivity contribution is 5.97. The van der Waals surface area contributed by atoms with E-state index in [1.54, 1.807) is 33.4 Å². The minimum Gasteiger partial charge on any atom is -0.495 e. The number of amidine groups is 1. The quantitative estimate of drug-likeness (QED) is 0.324. The lowest BCUT2D eigenvalue weighted by Crippen LogP contribution is -2.50. The second kappa shape index (κ2) is 11.1. The van der Waals surface area contributed by atoms with E-state index in [-0.39, 0.29) is 13.0 Å². The molecule has 0 saturated carbocycles. The van der Waals surface area contributed by atoms with E-state index in [1.807, 2.05) is 53.8 Å². The van der Waals surface area contributed by atoms with Crippen molar-refractivity contribution in [2.24, 2.45) is 5.16 Å². The van der Waals surface area contributed by atoms with Gasteiger partial charge < -0.3 is 19.0 Å². The number of ether oxygens (including phenoxy) is 1. The number of imidazole rings is 1. The largest absolute Gasteiger partial charge is 0.495 e. The highest BCUT2D eigenvalue weighted by Gasteiger charge is 2.42. The van der Waals surface area contributed by atoms with Crippen LogP contribution in [0.1, 0.15) is 57.5 Å². The van der Waals surface area contributed by atoms with Crippen molar-refractivity contribution < 1.29 is 22.7 Å². The number of benzene rings is 2. The van der Waals surface area contributed by atoms with Gasteiger partial charge in [-0.25, -0.2) is 18.2 Å². The Labute approximate surface area is 216 Å². The Balaban J connectivity index is 0.00000380. The van der Waals surface area contributed by atoms with E-state index in [4.69, 9.17) is 9.57 Å². The maximum atomic E-state index is 14.1. The lowest BCUT2D eigenvalue weighted by Gasteiger charge is -2.45. The number of halogens is 3. The Morgan fingerprint density at radius 3 is 2.41 bits per heavy atom. The fraction of sp³-hybridized carbons (Fsp3) is 0.357. The van der Waals surface area contributed by atoms with Crippen LogP contribution in [0.4, 0.5) is 13.2 Å². The monoisotopic (exact) mass is 514 g/mol. The molecule has 37 heavy (non-hydrogen) atoms. The summed E-state index contributed by atoms with van der Waals surface area (Å²) in [7, 11) is 1.60. The molecule has 0 unspecified atom stereocenters. The maximum Gasteiger partial charge on any atom is 0.194 e. The average molecular weight is 515 g/mol. The maximum absolute atomic E-state index is 14.1. The minimum absolute atomic E-state index is 0. The summed E-state index contributed by atoms with van der Waals surface area (Å²) in [5.41, 5.74) is 1.95. The molecule has 3 aromatic rings. The lowest BCUT2D eigenvalue weighted by atomic mass is 9.89. The topological polar surface area (TPSA) is 51.9 Å². The predicted octanol–water partition coefficient (Wildman–Crippen LogP) is 6.83. The summed E-state index contributed by atoms with van der Waals surface area (Å²) in [6.07, 6.45) is 8.02. The van der Waals surface area contributed by atoms with Crippen molar-refractivity contribution in [1.82, 2.24) is 14.5 Å². The van der Waals surface area contributed by atoms with Crippen LogP contribution < -0.4 is 4.74 Å². The van der Waals surface area contributed by atoms with Crippen LogP contribution in [0.5, 0.6) is 5.75 Å². The van der Waals surface area contributed by atoms with Crippen molar-refractivity contribution in [3.05, 3.63) is 83.2 Å². The van der Waals surface area contributed by atoms with Crippen molar-refractivity contribution in [2.45, 2.75) is 53.2 Å². The molecule has 1 aromatic heterocycles. The van der Waals surface area contributed by atoms with E-state index in [1.165, 1.54) is 0 Å². The first-order chi connectivity index (χ1) is 17.1. The van der Waals surface area contributed by atoms with Crippen LogP contribution in [0.3, 0.4) is 0 Å². The Kier molecular flexibility index (Phi) is 8.35. The zero-order valence-electron chi connectivity index (χ0n) is 20.9. The van der Waals surface area contributed by atoms with Gasteiger partial charge in [0.05, 0.1) is 30.9 Å². The van der Waals surface area contributed by atoms with Gasteiger partial charge in [0.25, 0.3) is 0 Å². The van der Waals surface area contributed by atoms with Gasteiger partial charge in [-0.2, -0.15) is 0 Å². The van der Waals surface area contributed by atoms with E-state index in [9.17, 15) is 13.2 Å². The highest BCUT2D eigenvalue weighted by Crippen LogP contribution is 2.39. The SMILES string of the molecule is C.CCCN1C(/C=C/c2ccc(-n3cnc(C)c3)c(OC)c2)=NOC(C)(C)[C@@H]1c1cc(F)c(F)c(F)c1. The Morgan fingerprint density at radius 1 is 1.11 bits per heavy atom. The van der Waals surface area contributed by atoms with E-state index >= 15 is 0 Å². The third-order valence-corrected chi connectivity index (χ3v) is 6.04. The van der Waals surface area contributed by atoms with Crippen LogP contribution in [0.2, 0.25) is 0 Å². The van der Waals surface area contributed by atoms with E-state index in [0.717, 1.165) is 35.5 Å². The van der Waals surface area contributed by atoms with Gasteiger partial charge in [-0.3, -0.25) is 0 Å². The van der Waals surface area contributed by atoms with Gasteiger partial charge in [0.2, 0.25) is 0 Å². The molecule has 0 N–H and O–H groups in total. The van der Waals surface area contributed by atoms with Crippen LogP contribution >= 0.6 is 0 Å². The van der Waals surface area contributed by atoms with Crippen molar-refractivity contribution >= 4 is 11.9 Å². The number of rotatable bonds is 7. The van der Waals surface area contributed by atoms with Gasteiger partial charge in [-0.05, 0) is 68.7 Å². The van der Waals surface area contributed by atoms with Gasteiger partial charge in [-0.1, -0.05) is 31.6 Å². The summed E-state index contributed by atoms with van der Waals surface area (Å²) in [6, 6.07) is 7.20. The molecule has 0 radical (unpaired) electrons. The number of methoxy groups -OCH3 is 1. The Hall–Kier alpha value is -3.75. The molecule has 0 bridgehead atoms. The van der Waals surface area contributed by atoms with Crippen LogP contribution in [0.15, 0.2) is 54.1 Å². The fourth-order valence-electron chi connectivity index (χ4n) is 4.43. The number of hydrogen-bond acceptors (Lipinski definition) is 5. The molecule has 6 nitrogen and oxygen atoms in total. The fourth-order valence-corrected chi connectivity index (χ4v) is 4.43. The number of oxime groups is 1. The average Bonchev–Trinajstić information content (AvgIpc) is 3.27. The molecule has 4 rings (SSSR count). The number of nitrogens with zero attached hydrogens (tertiary/aromatic N) is 4. The molecule has 198 valence electrons. The highest BCUT2D eigenvalue weighted by atomic mass is 19.2. The van der Waals surface area contributed by atoms with Crippen LogP contribution in [0, 0.1) is 24.4 Å². The van der Waals surface area contributed by atoms with Crippen LogP contribution in [0.25, 0.3) is 11.8 Å². The molecule has 0 saturated heterocycles. The second-order valence-electron chi connectivity index (χ2n) is 9.23. The first-order valence-electron chi connectivity index (χ1n) is 11.7. The first kappa shape index (κ1) is 27.8. The third-order valence-electron chi connectivity index (χ3n) is 6.04. The van der Waals surface area contributed by atoms with Crippen LogP contribution in [-0.2, 0) is 4.84 Å². The van der Waals surface area contributed by atoms with Gasteiger partial charge in [0.15, 0.2) is 28.9 Å². The molecular weight excluding hydrogens is 481 g/mol. The van der Waals surface area contributed by atoms with Crippen molar-refractivity contribution in [3.63, 3.8) is 0 Å². The molecule has 0 aliphatic carbocycles. The summed E-state index contributed by atoms with van der Waals surface area (Å²) < 4.78 is 49.4. The number of hydrogen-bond donors (Lipinski definition) is 0.